The quantitative estimate of drug-likeness (QED) is 0.570. The van der Waals surface area contributed by atoms with Gasteiger partial charge in [0.1, 0.15) is 0 Å². The molecule has 3 aliphatic carbocycles. The number of fused-ring (bicyclic) bond motifs is 3. The largest absolute Gasteiger partial charge is 0.487 e. The Hall–Kier alpha value is -2.38. The number of hydrogen-bond donors (Lipinski definition) is 1. The van der Waals surface area contributed by atoms with Crippen molar-refractivity contribution < 1.29 is 33.6 Å². The summed E-state index contributed by atoms with van der Waals surface area (Å²) in [6.07, 6.45) is -0.454. The second-order valence-electron chi connectivity index (χ2n) is 10.5. The molecule has 1 aromatic carbocycles. The summed E-state index contributed by atoms with van der Waals surface area (Å²) in [5.41, 5.74) is -1.93. The van der Waals surface area contributed by atoms with Crippen LogP contribution in [0, 0.1) is 17.3 Å². The predicted molar refractivity (Wildman–Crippen MR) is 124 cm³/mol. The molecule has 3 aliphatic rings. The summed E-state index contributed by atoms with van der Waals surface area (Å²) in [4.78, 5) is 27.6. The van der Waals surface area contributed by atoms with E-state index in [9.17, 15) is 14.7 Å². The molecular formula is C27H36O7. The van der Waals surface area contributed by atoms with Crippen LogP contribution in [-0.4, -0.2) is 47.9 Å². The predicted octanol–water partition coefficient (Wildman–Crippen LogP) is 4.10. The summed E-state index contributed by atoms with van der Waals surface area (Å²) < 4.78 is 24.2. The van der Waals surface area contributed by atoms with Crippen LogP contribution >= 0.6 is 0 Å². The molecule has 7 nitrogen and oxygen atoms in total. The van der Waals surface area contributed by atoms with Gasteiger partial charge in [-0.05, 0) is 65.4 Å². The van der Waals surface area contributed by atoms with Gasteiger partial charge in [-0.1, -0.05) is 30.3 Å². The number of ketones is 1. The number of benzene rings is 1. The first kappa shape index (κ1) is 24.7. The maximum absolute atomic E-state index is 13.9. The Morgan fingerprint density at radius 2 is 1.71 bits per heavy atom. The van der Waals surface area contributed by atoms with Gasteiger partial charge in [0, 0.05) is 13.0 Å². The average Bonchev–Trinajstić information content (AvgIpc) is 3.30. The molecule has 2 fully saturated rings. The number of carbonyl (C=O) groups excluding carboxylic acids is 2. The van der Waals surface area contributed by atoms with Crippen LogP contribution in [-0.2, 0) is 28.5 Å². The van der Waals surface area contributed by atoms with Crippen molar-refractivity contribution in [3.63, 3.8) is 0 Å². The van der Waals surface area contributed by atoms with E-state index < -0.39 is 35.1 Å². The lowest BCUT2D eigenvalue weighted by atomic mass is 9.72. The Kier molecular flexibility index (Phi) is 6.55. The van der Waals surface area contributed by atoms with Crippen LogP contribution in [0.25, 0.3) is 0 Å². The highest BCUT2D eigenvalue weighted by atomic mass is 16.6. The van der Waals surface area contributed by atoms with Crippen LogP contribution in [0.5, 0.6) is 0 Å². The van der Waals surface area contributed by atoms with Gasteiger partial charge < -0.3 is 24.1 Å². The number of carbonyl (C=O) groups is 2. The highest BCUT2D eigenvalue weighted by Gasteiger charge is 2.78. The summed E-state index contributed by atoms with van der Waals surface area (Å²) in [7, 11) is 1.45. The first-order valence-corrected chi connectivity index (χ1v) is 12.2. The zero-order chi connectivity index (χ0) is 24.8. The lowest BCUT2D eigenvalue weighted by Crippen LogP contribution is -2.55. The van der Waals surface area contributed by atoms with E-state index in [1.54, 1.807) is 12.1 Å². The van der Waals surface area contributed by atoms with E-state index in [1.807, 2.05) is 52.8 Å². The number of aliphatic hydroxyl groups is 1. The van der Waals surface area contributed by atoms with Crippen molar-refractivity contribution >= 4 is 11.8 Å². The van der Waals surface area contributed by atoms with E-state index in [4.69, 9.17) is 18.9 Å². The van der Waals surface area contributed by atoms with Crippen LogP contribution in [0.15, 0.2) is 41.9 Å². The molecule has 0 saturated heterocycles. The second-order valence-corrected chi connectivity index (χ2v) is 10.5. The Labute approximate surface area is 201 Å². The minimum absolute atomic E-state index is 0.0285. The molecule has 0 bridgehead atoms. The Morgan fingerprint density at radius 1 is 1.06 bits per heavy atom. The van der Waals surface area contributed by atoms with Gasteiger partial charge in [0.2, 0.25) is 11.5 Å². The van der Waals surface area contributed by atoms with Gasteiger partial charge in [-0.25, -0.2) is 4.79 Å². The molecule has 7 heteroatoms. The summed E-state index contributed by atoms with van der Waals surface area (Å²) in [6, 6.07) is 9.09. The number of ether oxygens (including phenoxy) is 4. The lowest BCUT2D eigenvalue weighted by molar-refractivity contribution is -0.193. The highest BCUT2D eigenvalue weighted by molar-refractivity contribution is 6.04. The summed E-state index contributed by atoms with van der Waals surface area (Å²) in [5.74, 6) is -0.969. The minimum Gasteiger partial charge on any atom is -0.487 e. The molecule has 1 aromatic rings. The Balaban J connectivity index is 1.87. The molecule has 2 saturated carbocycles. The molecule has 186 valence electrons. The fraction of sp³-hybridized carbons (Fsp3) is 0.630. The lowest BCUT2D eigenvalue weighted by Gasteiger charge is -2.42. The Bertz CT molecular complexity index is 968. The van der Waals surface area contributed by atoms with Crippen LogP contribution in [0.2, 0.25) is 0 Å². The van der Waals surface area contributed by atoms with Crippen LogP contribution in [0.1, 0.15) is 65.5 Å². The van der Waals surface area contributed by atoms with Crippen molar-refractivity contribution in [3.05, 3.63) is 47.4 Å². The van der Waals surface area contributed by atoms with Crippen molar-refractivity contribution in [2.24, 2.45) is 17.3 Å². The van der Waals surface area contributed by atoms with Crippen LogP contribution in [0.4, 0.5) is 0 Å². The van der Waals surface area contributed by atoms with E-state index in [2.05, 4.69) is 0 Å². The van der Waals surface area contributed by atoms with Gasteiger partial charge in [-0.15, -0.1) is 0 Å². The number of allylic oxidation sites excluding steroid dienone is 1. The molecule has 0 amide bonds. The SMILES string of the molecule is COC(C(=O)O[C@]12C(OC(C)C)=C(OC(C)C)C(=O)[C@@]1(C)C[C@@H]1CC[C@H](O)C12)c1ccccc1. The van der Waals surface area contributed by atoms with E-state index in [0.717, 1.165) is 6.42 Å². The fourth-order valence-corrected chi connectivity index (χ4v) is 6.27. The van der Waals surface area contributed by atoms with Gasteiger partial charge in [0.25, 0.3) is 0 Å². The molecule has 0 aliphatic heterocycles. The normalized spacial score (nSPS) is 33.3. The highest BCUT2D eigenvalue weighted by Crippen LogP contribution is 2.68. The zero-order valence-corrected chi connectivity index (χ0v) is 20.9. The van der Waals surface area contributed by atoms with Crippen molar-refractivity contribution in [1.82, 2.24) is 0 Å². The monoisotopic (exact) mass is 472 g/mol. The average molecular weight is 473 g/mol. The van der Waals surface area contributed by atoms with Crippen molar-refractivity contribution in [3.8, 4) is 0 Å². The van der Waals surface area contributed by atoms with Gasteiger partial charge in [0.05, 0.1) is 23.7 Å². The van der Waals surface area contributed by atoms with Crippen molar-refractivity contribution in [1.29, 1.82) is 0 Å². The fourth-order valence-electron chi connectivity index (χ4n) is 6.27. The first-order valence-electron chi connectivity index (χ1n) is 12.2. The summed E-state index contributed by atoms with van der Waals surface area (Å²) in [6.45, 7) is 9.21. The number of aliphatic hydroxyl groups excluding tert-OH is 1. The number of rotatable bonds is 8. The van der Waals surface area contributed by atoms with E-state index in [1.165, 1.54) is 7.11 Å². The Morgan fingerprint density at radius 3 is 2.29 bits per heavy atom. The third kappa shape index (κ3) is 3.64. The van der Waals surface area contributed by atoms with E-state index >= 15 is 0 Å². The standard InChI is InChI=1S/C27H36O7/c1-15(2)32-22-23(29)26(5)14-18-12-13-19(28)20(18)27(26,24(22)33-16(3)4)34-25(30)21(31-6)17-10-8-7-9-11-17/h7-11,15-16,18-21,28H,12-14H2,1-6H3/t18-,19-,20?,21?,26+,27+/m0/s1. The molecule has 2 unspecified atom stereocenters. The minimum atomic E-state index is -1.47. The molecule has 0 aromatic heterocycles. The second kappa shape index (κ2) is 9.00. The van der Waals surface area contributed by atoms with Gasteiger partial charge in [0.15, 0.2) is 17.5 Å². The molecule has 34 heavy (non-hydrogen) atoms. The van der Waals surface area contributed by atoms with Gasteiger partial charge in [-0.3, -0.25) is 4.79 Å². The first-order chi connectivity index (χ1) is 16.1. The van der Waals surface area contributed by atoms with Crippen LogP contribution in [0.3, 0.4) is 0 Å². The molecule has 4 rings (SSSR count). The zero-order valence-electron chi connectivity index (χ0n) is 20.9. The number of hydrogen-bond acceptors (Lipinski definition) is 7. The summed E-state index contributed by atoms with van der Waals surface area (Å²) >= 11 is 0. The van der Waals surface area contributed by atoms with Gasteiger partial charge >= 0.3 is 5.97 Å². The smallest absolute Gasteiger partial charge is 0.340 e. The topological polar surface area (TPSA) is 91.3 Å². The molecule has 0 radical (unpaired) electrons. The summed E-state index contributed by atoms with van der Waals surface area (Å²) in [5, 5.41) is 11.1. The third-order valence-corrected chi connectivity index (χ3v) is 7.49. The van der Waals surface area contributed by atoms with Crippen molar-refractivity contribution in [2.45, 2.75) is 83.9 Å². The van der Waals surface area contributed by atoms with Crippen molar-refractivity contribution in [2.75, 3.05) is 7.11 Å². The van der Waals surface area contributed by atoms with Crippen LogP contribution < -0.4 is 0 Å². The van der Waals surface area contributed by atoms with Gasteiger partial charge in [-0.2, -0.15) is 0 Å². The maximum atomic E-state index is 13.9. The third-order valence-electron chi connectivity index (χ3n) is 7.49. The molecule has 0 spiro atoms. The molecule has 0 heterocycles. The number of Topliss-reactive ketones (excluding diaryl/α,β-unsaturated/α-hetero) is 1. The molecule has 1 N–H and O–H groups in total. The maximum Gasteiger partial charge on any atom is 0.340 e. The van der Waals surface area contributed by atoms with E-state index in [0.29, 0.717) is 18.4 Å². The molecule has 6 atom stereocenters. The molecular weight excluding hydrogens is 436 g/mol. The van der Waals surface area contributed by atoms with E-state index in [-0.39, 0.29) is 35.4 Å². The number of methoxy groups -OCH3 is 1. The number of esters is 1.